The third-order valence-electron chi connectivity index (χ3n) is 4.71. The first kappa shape index (κ1) is 18.1. The molecule has 5 nitrogen and oxygen atoms in total. The number of imidazole rings is 1. The Bertz CT molecular complexity index is 1030. The number of Topliss-reactive ketones (excluding diaryl/α,β-unsaturated/α-hetero) is 1. The quantitative estimate of drug-likeness (QED) is 0.845. The number of carbonyl (C=O) groups excluding carboxylic acids is 1. The zero-order valence-corrected chi connectivity index (χ0v) is 16.0. The van der Waals surface area contributed by atoms with Crippen molar-refractivity contribution in [1.82, 2.24) is 14.1 Å². The number of aryl methyl sites for hydroxylation is 1. The zero-order chi connectivity index (χ0) is 19.0. The molecule has 0 unspecified atom stereocenters. The highest BCUT2D eigenvalue weighted by molar-refractivity contribution is 5.97. The van der Waals surface area contributed by atoms with Crippen molar-refractivity contribution in [2.45, 2.75) is 40.7 Å². The SMILES string of the molecule is CC(=O)C1=CC(c2ccc3c(n2)n(C)c(=O)n3CC(C)C)=C(C)C=CC1. The summed E-state index contributed by atoms with van der Waals surface area (Å²) >= 11 is 0. The predicted molar refractivity (Wildman–Crippen MR) is 105 cm³/mol. The van der Waals surface area contributed by atoms with Crippen LogP contribution in [-0.4, -0.2) is 19.9 Å². The minimum absolute atomic E-state index is 0.0511. The summed E-state index contributed by atoms with van der Waals surface area (Å²) in [5.74, 6) is 0.439. The lowest BCUT2D eigenvalue weighted by Crippen LogP contribution is -2.24. The summed E-state index contributed by atoms with van der Waals surface area (Å²) in [5, 5.41) is 0. The van der Waals surface area contributed by atoms with Gasteiger partial charge in [-0.2, -0.15) is 0 Å². The van der Waals surface area contributed by atoms with Gasteiger partial charge in [-0.05, 0) is 55.5 Å². The molecule has 0 aliphatic heterocycles. The highest BCUT2D eigenvalue weighted by Crippen LogP contribution is 2.27. The first-order chi connectivity index (χ1) is 12.3. The lowest BCUT2D eigenvalue weighted by Gasteiger charge is -2.08. The van der Waals surface area contributed by atoms with E-state index in [4.69, 9.17) is 4.98 Å². The number of hydrogen-bond acceptors (Lipinski definition) is 3. The molecule has 26 heavy (non-hydrogen) atoms. The average molecular weight is 351 g/mol. The van der Waals surface area contributed by atoms with Crippen molar-refractivity contribution in [2.75, 3.05) is 0 Å². The maximum atomic E-state index is 12.6. The Morgan fingerprint density at radius 1 is 1.31 bits per heavy atom. The summed E-state index contributed by atoms with van der Waals surface area (Å²) in [7, 11) is 1.75. The first-order valence-corrected chi connectivity index (χ1v) is 8.95. The van der Waals surface area contributed by atoms with E-state index in [-0.39, 0.29) is 11.5 Å². The minimum atomic E-state index is -0.0511. The molecule has 2 heterocycles. The van der Waals surface area contributed by atoms with Crippen LogP contribution in [0.4, 0.5) is 0 Å². The highest BCUT2D eigenvalue weighted by Gasteiger charge is 2.16. The van der Waals surface area contributed by atoms with Gasteiger partial charge in [0, 0.05) is 19.2 Å². The molecule has 0 saturated heterocycles. The van der Waals surface area contributed by atoms with Gasteiger partial charge in [-0.1, -0.05) is 26.0 Å². The van der Waals surface area contributed by atoms with Crippen LogP contribution in [0, 0.1) is 5.92 Å². The molecule has 0 saturated carbocycles. The van der Waals surface area contributed by atoms with Crippen molar-refractivity contribution < 1.29 is 4.79 Å². The molecule has 0 radical (unpaired) electrons. The molecule has 1 aliphatic rings. The van der Waals surface area contributed by atoms with Gasteiger partial charge in [-0.3, -0.25) is 13.9 Å². The second-order valence-electron chi connectivity index (χ2n) is 7.31. The molecule has 3 rings (SSSR count). The Labute approximate surface area is 153 Å². The molecule has 5 heteroatoms. The van der Waals surface area contributed by atoms with E-state index >= 15 is 0 Å². The molecule has 136 valence electrons. The molecule has 0 amide bonds. The third-order valence-corrected chi connectivity index (χ3v) is 4.71. The summed E-state index contributed by atoms with van der Waals surface area (Å²) in [6.07, 6.45) is 6.58. The van der Waals surface area contributed by atoms with Crippen molar-refractivity contribution >= 4 is 22.5 Å². The molecule has 0 bridgehead atoms. The number of ketones is 1. The van der Waals surface area contributed by atoms with E-state index in [2.05, 4.69) is 13.8 Å². The van der Waals surface area contributed by atoms with Crippen LogP contribution in [0.15, 0.2) is 46.3 Å². The maximum absolute atomic E-state index is 12.6. The molecular formula is C21H25N3O2. The van der Waals surface area contributed by atoms with Crippen molar-refractivity contribution in [1.29, 1.82) is 0 Å². The van der Waals surface area contributed by atoms with E-state index in [0.717, 1.165) is 27.9 Å². The fourth-order valence-electron chi connectivity index (χ4n) is 3.29. The Morgan fingerprint density at radius 2 is 2.04 bits per heavy atom. The van der Waals surface area contributed by atoms with Gasteiger partial charge in [-0.25, -0.2) is 9.78 Å². The highest BCUT2D eigenvalue weighted by atomic mass is 16.1. The van der Waals surface area contributed by atoms with Crippen LogP contribution in [0.25, 0.3) is 16.7 Å². The lowest BCUT2D eigenvalue weighted by atomic mass is 10.0. The molecule has 0 spiro atoms. The fourth-order valence-corrected chi connectivity index (χ4v) is 3.29. The van der Waals surface area contributed by atoms with Crippen molar-refractivity contribution in [3.63, 3.8) is 0 Å². The van der Waals surface area contributed by atoms with Crippen LogP contribution in [0.3, 0.4) is 0 Å². The van der Waals surface area contributed by atoms with Crippen molar-refractivity contribution in [2.24, 2.45) is 13.0 Å². The van der Waals surface area contributed by atoms with Gasteiger partial charge in [0.1, 0.15) is 0 Å². The minimum Gasteiger partial charge on any atom is -0.295 e. The van der Waals surface area contributed by atoms with E-state index in [9.17, 15) is 9.59 Å². The molecule has 0 aromatic carbocycles. The molecule has 2 aromatic heterocycles. The normalized spacial score (nSPS) is 14.9. The number of fused-ring (bicyclic) bond motifs is 1. The number of aromatic nitrogens is 3. The summed E-state index contributed by atoms with van der Waals surface area (Å²) in [6.45, 7) is 8.45. The van der Waals surface area contributed by atoms with Gasteiger partial charge in [0.25, 0.3) is 0 Å². The smallest absolute Gasteiger partial charge is 0.295 e. The van der Waals surface area contributed by atoms with Gasteiger partial charge in [0.2, 0.25) is 0 Å². The van der Waals surface area contributed by atoms with Crippen LogP contribution in [0.1, 0.15) is 39.8 Å². The second kappa shape index (κ2) is 6.90. The number of rotatable bonds is 4. The van der Waals surface area contributed by atoms with Gasteiger partial charge in [0.05, 0.1) is 11.2 Å². The van der Waals surface area contributed by atoms with Crippen LogP contribution in [0.5, 0.6) is 0 Å². The summed E-state index contributed by atoms with van der Waals surface area (Å²) < 4.78 is 3.38. The Morgan fingerprint density at radius 3 is 2.69 bits per heavy atom. The van der Waals surface area contributed by atoms with Gasteiger partial charge in [0.15, 0.2) is 11.4 Å². The molecule has 2 aromatic rings. The summed E-state index contributed by atoms with van der Waals surface area (Å²) in [4.78, 5) is 29.2. The molecule has 0 fully saturated rings. The number of pyridine rings is 1. The van der Waals surface area contributed by atoms with E-state index in [1.807, 2.05) is 37.3 Å². The third kappa shape index (κ3) is 3.21. The van der Waals surface area contributed by atoms with Crippen LogP contribution in [0.2, 0.25) is 0 Å². The molecule has 1 aliphatic carbocycles. The molecule has 0 atom stereocenters. The molecular weight excluding hydrogens is 326 g/mol. The van der Waals surface area contributed by atoms with Crippen LogP contribution >= 0.6 is 0 Å². The first-order valence-electron chi connectivity index (χ1n) is 8.95. The van der Waals surface area contributed by atoms with E-state index < -0.39 is 0 Å². The number of hydrogen-bond donors (Lipinski definition) is 0. The maximum Gasteiger partial charge on any atom is 0.330 e. The monoisotopic (exact) mass is 351 g/mol. The number of carbonyl (C=O) groups is 1. The predicted octanol–water partition coefficient (Wildman–Crippen LogP) is 3.64. The van der Waals surface area contributed by atoms with Crippen molar-refractivity contribution in [3.05, 3.63) is 57.7 Å². The summed E-state index contributed by atoms with van der Waals surface area (Å²) in [6, 6.07) is 3.89. The Balaban J connectivity index is 2.19. The summed E-state index contributed by atoms with van der Waals surface area (Å²) in [5.41, 5.74) is 4.98. The zero-order valence-electron chi connectivity index (χ0n) is 16.0. The second-order valence-corrected chi connectivity index (χ2v) is 7.31. The average Bonchev–Trinajstić information content (AvgIpc) is 2.74. The number of nitrogens with zero attached hydrogens (tertiary/aromatic N) is 3. The van der Waals surface area contributed by atoms with Gasteiger partial charge >= 0.3 is 5.69 Å². The Kier molecular flexibility index (Phi) is 4.81. The van der Waals surface area contributed by atoms with E-state index in [1.165, 1.54) is 0 Å². The van der Waals surface area contributed by atoms with Gasteiger partial charge < -0.3 is 0 Å². The van der Waals surface area contributed by atoms with Crippen LogP contribution < -0.4 is 5.69 Å². The Hall–Kier alpha value is -2.69. The van der Waals surface area contributed by atoms with E-state index in [0.29, 0.717) is 24.5 Å². The number of allylic oxidation sites excluding steroid dienone is 6. The van der Waals surface area contributed by atoms with E-state index in [1.54, 1.807) is 23.1 Å². The fraction of sp³-hybridized carbons (Fsp3) is 0.381. The molecule has 0 N–H and O–H groups in total. The standard InChI is InChI=1S/C21H25N3O2/c1-13(2)12-24-19-10-9-18(22-20(19)23(5)21(24)26)17-11-16(15(4)25)8-6-7-14(17)3/h6-7,9-11,13H,8,12H2,1-5H3. The topological polar surface area (TPSA) is 56.9 Å². The van der Waals surface area contributed by atoms with Crippen LogP contribution in [-0.2, 0) is 18.4 Å². The lowest BCUT2D eigenvalue weighted by molar-refractivity contribution is -0.113. The van der Waals surface area contributed by atoms with Crippen molar-refractivity contribution in [3.8, 4) is 0 Å². The largest absolute Gasteiger partial charge is 0.330 e. The van der Waals surface area contributed by atoms with Gasteiger partial charge in [-0.15, -0.1) is 0 Å².